The van der Waals surface area contributed by atoms with Crippen LogP contribution in [0.4, 0.5) is 17.5 Å². The highest BCUT2D eigenvalue weighted by atomic mass is 16.3. The molecule has 0 aliphatic carbocycles. The second-order valence-electron chi connectivity index (χ2n) is 8.87. The summed E-state index contributed by atoms with van der Waals surface area (Å²) >= 11 is 0. The zero-order chi connectivity index (χ0) is 22.1. The fraction of sp³-hybridized carbons (Fsp3) is 0.478. The van der Waals surface area contributed by atoms with E-state index in [0.717, 1.165) is 60.5 Å². The number of ketones is 1. The van der Waals surface area contributed by atoms with E-state index in [4.69, 9.17) is 10.1 Å². The molecule has 168 valence electrons. The van der Waals surface area contributed by atoms with Crippen LogP contribution in [0.15, 0.2) is 30.5 Å². The van der Waals surface area contributed by atoms with Crippen LogP contribution >= 0.6 is 0 Å². The zero-order valence-corrected chi connectivity index (χ0v) is 18.2. The Morgan fingerprint density at radius 2 is 2.06 bits per heavy atom. The van der Waals surface area contributed by atoms with Crippen molar-refractivity contribution in [1.29, 1.82) is 0 Å². The number of aromatic nitrogens is 4. The van der Waals surface area contributed by atoms with Crippen molar-refractivity contribution in [3.8, 4) is 0 Å². The molecule has 3 aromatic rings. The number of aliphatic hydroxyl groups excluding tert-OH is 1. The topological polar surface area (TPSA) is 119 Å². The highest BCUT2D eigenvalue weighted by Gasteiger charge is 2.40. The maximum atomic E-state index is 11.6. The van der Waals surface area contributed by atoms with Crippen LogP contribution < -0.4 is 10.6 Å². The number of nitrogens with one attached hydrogen (secondary N) is 3. The summed E-state index contributed by atoms with van der Waals surface area (Å²) in [5.41, 5.74) is 1.86. The SMILES string of the molecule is Cc1cc(Nc2cc3ncccc3c(NC3C[C@H]4CC[C@@H](C3)N4CCC(=O)CO)n2)n[nH]1. The van der Waals surface area contributed by atoms with E-state index in [2.05, 4.69) is 30.7 Å². The van der Waals surface area contributed by atoms with Gasteiger partial charge in [-0.05, 0) is 44.7 Å². The van der Waals surface area contributed by atoms with E-state index in [1.165, 1.54) is 0 Å². The predicted molar refractivity (Wildman–Crippen MR) is 123 cm³/mol. The molecule has 0 radical (unpaired) electrons. The molecule has 32 heavy (non-hydrogen) atoms. The Morgan fingerprint density at radius 3 is 2.78 bits per heavy atom. The Labute approximate surface area is 186 Å². The lowest BCUT2D eigenvalue weighted by atomic mass is 9.96. The second kappa shape index (κ2) is 8.84. The number of carbonyl (C=O) groups is 1. The van der Waals surface area contributed by atoms with Crippen molar-refractivity contribution in [1.82, 2.24) is 25.1 Å². The Kier molecular flexibility index (Phi) is 5.75. The van der Waals surface area contributed by atoms with Gasteiger partial charge in [0.1, 0.15) is 18.2 Å². The van der Waals surface area contributed by atoms with Gasteiger partial charge in [-0.3, -0.25) is 19.8 Å². The minimum absolute atomic E-state index is 0.0794. The molecule has 3 atom stereocenters. The molecule has 0 spiro atoms. The van der Waals surface area contributed by atoms with Gasteiger partial charge in [-0.25, -0.2) is 4.98 Å². The van der Waals surface area contributed by atoms with Gasteiger partial charge in [0.25, 0.3) is 0 Å². The molecule has 1 unspecified atom stereocenters. The summed E-state index contributed by atoms with van der Waals surface area (Å²) in [5, 5.41) is 24.2. The zero-order valence-electron chi connectivity index (χ0n) is 18.2. The first-order chi connectivity index (χ1) is 15.6. The van der Waals surface area contributed by atoms with Gasteiger partial charge in [0.2, 0.25) is 0 Å². The summed E-state index contributed by atoms with van der Waals surface area (Å²) in [6.45, 7) is 2.35. The van der Waals surface area contributed by atoms with Crippen molar-refractivity contribution in [2.45, 2.75) is 57.2 Å². The predicted octanol–water partition coefficient (Wildman–Crippen LogP) is 2.76. The van der Waals surface area contributed by atoms with E-state index in [1.807, 2.05) is 31.2 Å². The number of Topliss-reactive ketones (excluding diaryl/α,β-unsaturated/α-hetero) is 1. The quantitative estimate of drug-likeness (QED) is 0.426. The molecular formula is C23H29N7O2. The van der Waals surface area contributed by atoms with Crippen molar-refractivity contribution in [2.75, 3.05) is 23.8 Å². The third kappa shape index (κ3) is 4.31. The smallest absolute Gasteiger partial charge is 0.159 e. The average molecular weight is 436 g/mol. The summed E-state index contributed by atoms with van der Waals surface area (Å²) in [6, 6.07) is 9.11. The lowest BCUT2D eigenvalue weighted by Gasteiger charge is -2.39. The molecule has 0 saturated carbocycles. The van der Waals surface area contributed by atoms with E-state index < -0.39 is 0 Å². The monoisotopic (exact) mass is 435 g/mol. The molecule has 5 heterocycles. The molecule has 2 saturated heterocycles. The number of pyridine rings is 2. The molecule has 9 nitrogen and oxygen atoms in total. The first-order valence-electron chi connectivity index (χ1n) is 11.3. The second-order valence-corrected chi connectivity index (χ2v) is 8.87. The van der Waals surface area contributed by atoms with Crippen LogP contribution in [0.2, 0.25) is 0 Å². The fourth-order valence-corrected chi connectivity index (χ4v) is 5.15. The number of aliphatic hydroxyl groups is 1. The molecule has 4 N–H and O–H groups in total. The minimum atomic E-state index is -0.359. The summed E-state index contributed by atoms with van der Waals surface area (Å²) in [4.78, 5) is 23.4. The van der Waals surface area contributed by atoms with Crippen LogP contribution in [-0.2, 0) is 4.79 Å². The van der Waals surface area contributed by atoms with E-state index in [1.54, 1.807) is 6.20 Å². The van der Waals surface area contributed by atoms with Crippen LogP contribution in [0.5, 0.6) is 0 Å². The van der Waals surface area contributed by atoms with Gasteiger partial charge in [-0.1, -0.05) is 0 Å². The summed E-state index contributed by atoms with van der Waals surface area (Å²) in [7, 11) is 0. The average Bonchev–Trinajstić information content (AvgIpc) is 3.30. The first kappa shape index (κ1) is 20.8. The highest BCUT2D eigenvalue weighted by Crippen LogP contribution is 2.37. The minimum Gasteiger partial charge on any atom is -0.389 e. The third-order valence-electron chi connectivity index (χ3n) is 6.61. The lowest BCUT2D eigenvalue weighted by Crippen LogP contribution is -2.47. The number of anilines is 3. The largest absolute Gasteiger partial charge is 0.389 e. The van der Waals surface area contributed by atoms with Crippen molar-refractivity contribution in [3.63, 3.8) is 0 Å². The van der Waals surface area contributed by atoms with Gasteiger partial charge in [-0.15, -0.1) is 0 Å². The van der Waals surface area contributed by atoms with E-state index >= 15 is 0 Å². The first-order valence-corrected chi connectivity index (χ1v) is 11.3. The van der Waals surface area contributed by atoms with Gasteiger partial charge in [0, 0.05) is 60.5 Å². The number of rotatable bonds is 8. The molecule has 0 amide bonds. The Balaban J connectivity index is 1.33. The van der Waals surface area contributed by atoms with Gasteiger partial charge < -0.3 is 15.7 Å². The number of nitrogens with zero attached hydrogens (tertiary/aromatic N) is 4. The molecule has 2 fully saturated rings. The van der Waals surface area contributed by atoms with Gasteiger partial charge in [-0.2, -0.15) is 5.10 Å². The Hall–Kier alpha value is -3.04. The van der Waals surface area contributed by atoms with Gasteiger partial charge >= 0.3 is 0 Å². The number of hydrogen-bond donors (Lipinski definition) is 4. The van der Waals surface area contributed by atoms with Gasteiger partial charge in [0.15, 0.2) is 11.6 Å². The van der Waals surface area contributed by atoms with Crippen LogP contribution in [0.25, 0.3) is 10.9 Å². The van der Waals surface area contributed by atoms with Crippen LogP contribution in [0.1, 0.15) is 37.8 Å². The molecular weight excluding hydrogens is 406 g/mol. The van der Waals surface area contributed by atoms with E-state index in [0.29, 0.717) is 30.4 Å². The number of fused-ring (bicyclic) bond motifs is 3. The number of H-pyrrole nitrogens is 1. The Morgan fingerprint density at radius 1 is 1.25 bits per heavy atom. The highest BCUT2D eigenvalue weighted by molar-refractivity contribution is 5.91. The van der Waals surface area contributed by atoms with Crippen LogP contribution in [0.3, 0.4) is 0 Å². The van der Waals surface area contributed by atoms with Crippen LogP contribution in [-0.4, -0.2) is 67.2 Å². The van der Waals surface area contributed by atoms with Crippen molar-refractivity contribution in [2.24, 2.45) is 0 Å². The molecule has 0 aromatic carbocycles. The van der Waals surface area contributed by atoms with Crippen molar-refractivity contribution >= 4 is 34.1 Å². The lowest BCUT2D eigenvalue weighted by molar-refractivity contribution is -0.122. The molecule has 2 aliphatic heterocycles. The fourth-order valence-electron chi connectivity index (χ4n) is 5.15. The molecule has 2 aliphatic rings. The molecule has 2 bridgehead atoms. The third-order valence-corrected chi connectivity index (χ3v) is 6.61. The standard InChI is InChI=1S/C23H29N7O2/c1-14-9-22(29-28-14)26-21-12-20-19(3-2-7-24-20)23(27-21)25-15-10-16-4-5-17(11-15)30(16)8-6-18(32)13-31/h2-3,7,9,12,15-17,31H,4-6,8,10-11,13H2,1H3,(H3,25,26,27,28,29)/t15?,16-,17+. The molecule has 5 rings (SSSR count). The number of carbonyl (C=O) groups excluding carboxylic acids is 1. The molecule has 3 aromatic heterocycles. The summed E-state index contributed by atoms with van der Waals surface area (Å²) < 4.78 is 0. The number of aryl methyl sites for hydroxylation is 1. The van der Waals surface area contributed by atoms with E-state index in [-0.39, 0.29) is 12.4 Å². The van der Waals surface area contributed by atoms with Gasteiger partial charge in [0.05, 0.1) is 5.52 Å². The van der Waals surface area contributed by atoms with Crippen molar-refractivity contribution in [3.05, 3.63) is 36.2 Å². The van der Waals surface area contributed by atoms with E-state index in [9.17, 15) is 4.79 Å². The Bertz CT molecular complexity index is 1100. The maximum Gasteiger partial charge on any atom is 0.159 e. The number of aromatic amines is 1. The normalized spacial score (nSPS) is 22.9. The van der Waals surface area contributed by atoms with Crippen molar-refractivity contribution < 1.29 is 9.90 Å². The summed E-state index contributed by atoms with van der Waals surface area (Å²) in [6.07, 6.45) is 6.58. The number of piperidine rings is 1. The maximum absolute atomic E-state index is 11.6. The molecule has 9 heteroatoms. The number of hydrogen-bond acceptors (Lipinski definition) is 8. The van der Waals surface area contributed by atoms with Crippen LogP contribution in [0, 0.1) is 6.92 Å². The summed E-state index contributed by atoms with van der Waals surface area (Å²) in [5.74, 6) is 2.18.